The molecule has 0 fully saturated rings. The second kappa shape index (κ2) is 7.84. The quantitative estimate of drug-likeness (QED) is 0.494. The molecule has 2 heterocycles. The monoisotopic (exact) mass is 407 g/mol. The van der Waals surface area contributed by atoms with Crippen LogP contribution in [-0.2, 0) is 0 Å². The molecule has 0 radical (unpaired) electrons. The number of carbonyl (C=O) groups is 1. The Balaban J connectivity index is 1.63. The van der Waals surface area contributed by atoms with E-state index in [2.05, 4.69) is 15.5 Å². The van der Waals surface area contributed by atoms with Gasteiger partial charge in [-0.1, -0.05) is 41.7 Å². The Bertz CT molecular complexity index is 1230. The molecule has 0 saturated carbocycles. The summed E-state index contributed by atoms with van der Waals surface area (Å²) in [7, 11) is 0. The van der Waals surface area contributed by atoms with Crippen LogP contribution in [0.2, 0.25) is 0 Å². The highest BCUT2D eigenvalue weighted by atomic mass is 32.1. The molecule has 0 atom stereocenters. The lowest BCUT2D eigenvalue weighted by atomic mass is 10.1. The van der Waals surface area contributed by atoms with E-state index in [-0.39, 0.29) is 17.3 Å². The first-order valence-electron chi connectivity index (χ1n) is 8.94. The molecule has 0 aliphatic heterocycles. The lowest BCUT2D eigenvalue weighted by molar-refractivity contribution is 0.102. The summed E-state index contributed by atoms with van der Waals surface area (Å²) in [6.07, 6.45) is -0.0260. The number of fused-ring (bicyclic) bond motifs is 1. The summed E-state index contributed by atoms with van der Waals surface area (Å²) in [6, 6.07) is 15.8. The highest BCUT2D eigenvalue weighted by Gasteiger charge is 2.16. The number of benzene rings is 2. The molecule has 7 nitrogen and oxygen atoms in total. The van der Waals surface area contributed by atoms with Crippen molar-refractivity contribution in [3.8, 4) is 16.3 Å². The standard InChI is InChI=1S/C21H17N3O4S/c1-12(2)27-14-8-9-15-16(11-18(25)28-17(15)10-14)19(26)22-21-24-23-20(29-21)13-6-4-3-5-7-13/h3-12H,1-2H3,(H,22,24,26). The van der Waals surface area contributed by atoms with Crippen molar-refractivity contribution in [3.63, 3.8) is 0 Å². The Morgan fingerprint density at radius 3 is 2.66 bits per heavy atom. The molecule has 0 unspecified atom stereocenters. The summed E-state index contributed by atoms with van der Waals surface area (Å²) in [4.78, 5) is 24.8. The van der Waals surface area contributed by atoms with Crippen molar-refractivity contribution < 1.29 is 13.9 Å². The zero-order valence-corrected chi connectivity index (χ0v) is 16.5. The van der Waals surface area contributed by atoms with E-state index in [9.17, 15) is 9.59 Å². The molecule has 4 rings (SSSR count). The molecule has 0 bridgehead atoms. The van der Waals surface area contributed by atoms with Gasteiger partial charge in [-0.15, -0.1) is 10.2 Å². The average Bonchev–Trinajstić information content (AvgIpc) is 3.15. The van der Waals surface area contributed by atoms with E-state index in [4.69, 9.17) is 9.15 Å². The van der Waals surface area contributed by atoms with Gasteiger partial charge in [0.2, 0.25) is 5.13 Å². The van der Waals surface area contributed by atoms with Crippen LogP contribution in [0.15, 0.2) is 63.8 Å². The number of aromatic nitrogens is 2. The Morgan fingerprint density at radius 1 is 1.10 bits per heavy atom. The SMILES string of the molecule is CC(C)Oc1ccc2c(C(=O)Nc3nnc(-c4ccccc4)s3)cc(=O)oc2c1. The van der Waals surface area contributed by atoms with Gasteiger partial charge in [0.25, 0.3) is 5.91 Å². The minimum Gasteiger partial charge on any atom is -0.491 e. The lowest BCUT2D eigenvalue weighted by Gasteiger charge is -2.10. The molecule has 0 aliphatic rings. The summed E-state index contributed by atoms with van der Waals surface area (Å²) >= 11 is 1.25. The number of hydrogen-bond donors (Lipinski definition) is 1. The number of carbonyl (C=O) groups excluding carboxylic acids is 1. The molecule has 2 aromatic carbocycles. The van der Waals surface area contributed by atoms with E-state index in [0.717, 1.165) is 5.56 Å². The Labute approximate surface area is 170 Å². The first-order valence-corrected chi connectivity index (χ1v) is 9.76. The zero-order chi connectivity index (χ0) is 20.4. The largest absolute Gasteiger partial charge is 0.491 e. The van der Waals surface area contributed by atoms with Gasteiger partial charge in [0, 0.05) is 23.1 Å². The molecule has 1 amide bonds. The number of rotatable bonds is 5. The fraction of sp³-hybridized carbons (Fsp3) is 0.143. The van der Waals surface area contributed by atoms with Gasteiger partial charge in [0.15, 0.2) is 0 Å². The maximum Gasteiger partial charge on any atom is 0.337 e. The second-order valence-corrected chi connectivity index (χ2v) is 7.51. The van der Waals surface area contributed by atoms with Crippen LogP contribution in [0.3, 0.4) is 0 Å². The van der Waals surface area contributed by atoms with Crippen molar-refractivity contribution in [1.29, 1.82) is 0 Å². The van der Waals surface area contributed by atoms with Gasteiger partial charge in [-0.3, -0.25) is 10.1 Å². The van der Waals surface area contributed by atoms with Crippen molar-refractivity contribution in [2.24, 2.45) is 0 Å². The number of nitrogens with one attached hydrogen (secondary N) is 1. The van der Waals surface area contributed by atoms with Gasteiger partial charge in [-0.25, -0.2) is 4.79 Å². The predicted molar refractivity (Wildman–Crippen MR) is 112 cm³/mol. The van der Waals surface area contributed by atoms with Crippen LogP contribution < -0.4 is 15.7 Å². The molecular weight excluding hydrogens is 390 g/mol. The van der Waals surface area contributed by atoms with Crippen LogP contribution in [-0.4, -0.2) is 22.2 Å². The van der Waals surface area contributed by atoms with Crippen LogP contribution in [0.5, 0.6) is 5.75 Å². The number of amides is 1. The van der Waals surface area contributed by atoms with Crippen LogP contribution in [0.25, 0.3) is 21.5 Å². The molecule has 0 saturated heterocycles. The van der Waals surface area contributed by atoms with Crippen LogP contribution >= 0.6 is 11.3 Å². The zero-order valence-electron chi connectivity index (χ0n) is 15.7. The predicted octanol–water partition coefficient (Wildman–Crippen LogP) is 4.35. The smallest absolute Gasteiger partial charge is 0.337 e. The molecule has 29 heavy (non-hydrogen) atoms. The Kier molecular flexibility index (Phi) is 5.09. The van der Waals surface area contributed by atoms with E-state index in [1.165, 1.54) is 17.4 Å². The van der Waals surface area contributed by atoms with Crippen molar-refractivity contribution in [2.75, 3.05) is 5.32 Å². The summed E-state index contributed by atoms with van der Waals surface area (Å²) in [5.41, 5.74) is 0.771. The van der Waals surface area contributed by atoms with E-state index in [0.29, 0.717) is 21.3 Å². The van der Waals surface area contributed by atoms with Crippen molar-refractivity contribution >= 4 is 33.3 Å². The Morgan fingerprint density at radius 2 is 1.90 bits per heavy atom. The summed E-state index contributed by atoms with van der Waals surface area (Å²) < 4.78 is 10.9. The number of hydrogen-bond acceptors (Lipinski definition) is 7. The third-order valence-electron chi connectivity index (χ3n) is 4.00. The van der Waals surface area contributed by atoms with E-state index < -0.39 is 11.5 Å². The van der Waals surface area contributed by atoms with E-state index >= 15 is 0 Å². The summed E-state index contributed by atoms with van der Waals surface area (Å²) in [5.74, 6) is 0.0982. The molecule has 2 aromatic heterocycles. The molecule has 0 spiro atoms. The molecular formula is C21H17N3O4S. The van der Waals surface area contributed by atoms with Gasteiger partial charge >= 0.3 is 5.63 Å². The van der Waals surface area contributed by atoms with E-state index in [1.807, 2.05) is 44.2 Å². The Hall–Kier alpha value is -3.52. The minimum absolute atomic E-state index is 0.0260. The highest BCUT2D eigenvalue weighted by Crippen LogP contribution is 2.27. The normalized spacial score (nSPS) is 11.0. The maximum absolute atomic E-state index is 12.8. The minimum atomic E-state index is -0.619. The van der Waals surface area contributed by atoms with Crippen molar-refractivity contribution in [3.05, 3.63) is 70.6 Å². The fourth-order valence-corrected chi connectivity index (χ4v) is 3.56. The van der Waals surface area contributed by atoms with Gasteiger partial charge < -0.3 is 9.15 Å². The highest BCUT2D eigenvalue weighted by molar-refractivity contribution is 7.18. The number of ether oxygens (including phenoxy) is 1. The lowest BCUT2D eigenvalue weighted by Crippen LogP contribution is -2.15. The number of nitrogens with zero attached hydrogens (tertiary/aromatic N) is 2. The van der Waals surface area contributed by atoms with E-state index in [1.54, 1.807) is 18.2 Å². The molecule has 4 aromatic rings. The van der Waals surface area contributed by atoms with Crippen molar-refractivity contribution in [1.82, 2.24) is 10.2 Å². The van der Waals surface area contributed by atoms with Gasteiger partial charge in [0.1, 0.15) is 16.3 Å². The van der Waals surface area contributed by atoms with Crippen LogP contribution in [0.1, 0.15) is 24.2 Å². The topological polar surface area (TPSA) is 94.3 Å². The first-order chi connectivity index (χ1) is 14.0. The van der Waals surface area contributed by atoms with Gasteiger partial charge in [-0.05, 0) is 26.0 Å². The summed E-state index contributed by atoms with van der Waals surface area (Å²) in [6.45, 7) is 3.80. The molecule has 0 aliphatic carbocycles. The van der Waals surface area contributed by atoms with Crippen molar-refractivity contribution in [2.45, 2.75) is 20.0 Å². The second-order valence-electron chi connectivity index (χ2n) is 6.54. The molecule has 8 heteroatoms. The maximum atomic E-state index is 12.8. The molecule has 146 valence electrons. The van der Waals surface area contributed by atoms with Gasteiger partial charge in [0.05, 0.1) is 11.7 Å². The van der Waals surface area contributed by atoms with Crippen LogP contribution in [0, 0.1) is 0 Å². The fourth-order valence-electron chi connectivity index (χ4n) is 2.81. The third-order valence-corrected chi connectivity index (χ3v) is 4.89. The average molecular weight is 407 g/mol. The van der Waals surface area contributed by atoms with Crippen LogP contribution in [0.4, 0.5) is 5.13 Å². The third kappa shape index (κ3) is 4.17. The van der Waals surface area contributed by atoms with Gasteiger partial charge in [-0.2, -0.15) is 0 Å². The molecule has 1 N–H and O–H groups in total. The summed E-state index contributed by atoms with van der Waals surface area (Å²) in [5, 5.41) is 12.4. The first kappa shape index (κ1) is 18.8. The number of anilines is 1.